The van der Waals surface area contributed by atoms with Crippen molar-refractivity contribution in [2.45, 2.75) is 32.8 Å². The van der Waals surface area contributed by atoms with Crippen molar-refractivity contribution in [2.24, 2.45) is 0 Å². The average molecular weight is 305 g/mol. The quantitative estimate of drug-likeness (QED) is 0.893. The van der Waals surface area contributed by atoms with Gasteiger partial charge >= 0.3 is 0 Å². The van der Waals surface area contributed by atoms with Gasteiger partial charge in [-0.1, -0.05) is 19.1 Å². The zero-order valence-electron chi connectivity index (χ0n) is 12.9. The maximum Gasteiger partial charge on any atom is 0.287 e. The summed E-state index contributed by atoms with van der Waals surface area (Å²) < 4.78 is 18.4. The van der Waals surface area contributed by atoms with Crippen LogP contribution in [-0.2, 0) is 12.0 Å². The van der Waals surface area contributed by atoms with Gasteiger partial charge < -0.3 is 14.8 Å². The highest BCUT2D eigenvalue weighted by Crippen LogP contribution is 2.21. The van der Waals surface area contributed by atoms with Crippen LogP contribution in [0.25, 0.3) is 0 Å². The van der Waals surface area contributed by atoms with Crippen LogP contribution >= 0.6 is 0 Å². The molecule has 22 heavy (non-hydrogen) atoms. The Balaban J connectivity index is 2.06. The molecule has 2 N–H and O–H groups in total. The summed E-state index contributed by atoms with van der Waals surface area (Å²) in [6, 6.07) is 7.36. The molecule has 0 fully saturated rings. The van der Waals surface area contributed by atoms with Crippen LogP contribution in [0.15, 0.2) is 34.7 Å². The zero-order valence-corrected chi connectivity index (χ0v) is 12.9. The first kappa shape index (κ1) is 16.2. The maximum atomic E-state index is 12.9. The van der Waals surface area contributed by atoms with E-state index in [9.17, 15) is 14.3 Å². The predicted octanol–water partition coefficient (Wildman–Crippen LogP) is 2.93. The molecule has 0 aliphatic rings. The van der Waals surface area contributed by atoms with Gasteiger partial charge in [-0.05, 0) is 37.6 Å². The van der Waals surface area contributed by atoms with E-state index < -0.39 is 5.60 Å². The van der Waals surface area contributed by atoms with Crippen LogP contribution in [0.2, 0.25) is 0 Å². The summed E-state index contributed by atoms with van der Waals surface area (Å²) in [5.41, 5.74) is -0.00681. The molecule has 0 aliphatic heterocycles. The molecule has 1 aromatic heterocycles. The summed E-state index contributed by atoms with van der Waals surface area (Å²) in [7, 11) is 0. The molecule has 118 valence electrons. The van der Waals surface area contributed by atoms with E-state index in [1.54, 1.807) is 13.8 Å². The molecule has 2 rings (SSSR count). The minimum absolute atomic E-state index is 0.000929. The fourth-order valence-corrected chi connectivity index (χ4v) is 2.19. The van der Waals surface area contributed by atoms with Gasteiger partial charge in [-0.2, -0.15) is 0 Å². The highest BCUT2D eigenvalue weighted by molar-refractivity contribution is 5.92. The van der Waals surface area contributed by atoms with Gasteiger partial charge in [0.1, 0.15) is 17.2 Å². The maximum absolute atomic E-state index is 12.9. The topological polar surface area (TPSA) is 62.5 Å². The van der Waals surface area contributed by atoms with Gasteiger partial charge in [-0.25, -0.2) is 4.39 Å². The first-order valence-electron chi connectivity index (χ1n) is 7.19. The second kappa shape index (κ2) is 6.32. The van der Waals surface area contributed by atoms with Crippen LogP contribution in [0.5, 0.6) is 0 Å². The molecule has 0 bridgehead atoms. The Morgan fingerprint density at radius 1 is 1.36 bits per heavy atom. The molecule has 1 atom stereocenters. The highest BCUT2D eigenvalue weighted by atomic mass is 19.1. The average Bonchev–Trinajstić information content (AvgIpc) is 2.86. The molecule has 0 saturated carbocycles. The van der Waals surface area contributed by atoms with Crippen molar-refractivity contribution in [1.29, 1.82) is 0 Å². The van der Waals surface area contributed by atoms with Crippen LogP contribution in [0.1, 0.15) is 41.3 Å². The molecule has 0 spiro atoms. The van der Waals surface area contributed by atoms with Gasteiger partial charge in [0, 0.05) is 12.0 Å². The predicted molar refractivity (Wildman–Crippen MR) is 81.1 cm³/mol. The lowest BCUT2D eigenvalue weighted by Gasteiger charge is -2.24. The monoisotopic (exact) mass is 305 g/mol. The first-order chi connectivity index (χ1) is 10.3. The number of hydrogen-bond acceptors (Lipinski definition) is 3. The number of rotatable bonds is 5. The van der Waals surface area contributed by atoms with Crippen LogP contribution in [0.3, 0.4) is 0 Å². The van der Waals surface area contributed by atoms with E-state index in [0.29, 0.717) is 12.0 Å². The Hall–Kier alpha value is -2.14. The second-order valence-electron chi connectivity index (χ2n) is 5.54. The van der Waals surface area contributed by atoms with Crippen molar-refractivity contribution in [3.05, 3.63) is 58.8 Å². The Kier molecular flexibility index (Phi) is 4.66. The number of hydrogen-bond donors (Lipinski definition) is 2. The van der Waals surface area contributed by atoms with Crippen molar-refractivity contribution < 1.29 is 18.7 Å². The number of aryl methyl sites for hydroxylation is 2. The lowest BCUT2D eigenvalue weighted by atomic mass is 9.96. The fraction of sp³-hybridized carbons (Fsp3) is 0.353. The molecular formula is C17H20FNO3. The SMILES string of the molecule is CCc1cc(C)c(C(=O)NCC(C)(O)c2ccc(F)cc2)o1. The lowest BCUT2D eigenvalue weighted by molar-refractivity contribution is 0.0517. The number of aliphatic hydroxyl groups is 1. The van der Waals surface area contributed by atoms with E-state index in [1.807, 2.05) is 13.0 Å². The third kappa shape index (κ3) is 3.54. The van der Waals surface area contributed by atoms with E-state index in [0.717, 1.165) is 11.3 Å². The molecule has 0 saturated heterocycles. The van der Waals surface area contributed by atoms with Gasteiger partial charge in [-0.15, -0.1) is 0 Å². The molecule has 1 aromatic carbocycles. The normalized spacial score (nSPS) is 13.7. The Morgan fingerprint density at radius 3 is 2.55 bits per heavy atom. The summed E-state index contributed by atoms with van der Waals surface area (Å²) in [6.07, 6.45) is 0.710. The largest absolute Gasteiger partial charge is 0.456 e. The molecule has 4 nitrogen and oxygen atoms in total. The van der Waals surface area contributed by atoms with Gasteiger partial charge in [0.25, 0.3) is 5.91 Å². The number of furan rings is 1. The van der Waals surface area contributed by atoms with Gasteiger partial charge in [0.2, 0.25) is 0 Å². The van der Waals surface area contributed by atoms with E-state index in [-0.39, 0.29) is 24.0 Å². The molecule has 1 amide bonds. The number of carbonyl (C=O) groups is 1. The van der Waals surface area contributed by atoms with E-state index in [1.165, 1.54) is 24.3 Å². The lowest BCUT2D eigenvalue weighted by Crippen LogP contribution is -2.38. The van der Waals surface area contributed by atoms with Crippen molar-refractivity contribution in [2.75, 3.05) is 6.54 Å². The third-order valence-corrected chi connectivity index (χ3v) is 3.58. The number of carbonyl (C=O) groups excluding carboxylic acids is 1. The zero-order chi connectivity index (χ0) is 16.3. The summed E-state index contributed by atoms with van der Waals surface area (Å²) in [5, 5.41) is 13.1. The molecular weight excluding hydrogens is 285 g/mol. The minimum atomic E-state index is -1.29. The Bertz CT molecular complexity index is 659. The van der Waals surface area contributed by atoms with Crippen molar-refractivity contribution in [3.8, 4) is 0 Å². The van der Waals surface area contributed by atoms with Gasteiger partial charge in [0.15, 0.2) is 5.76 Å². The third-order valence-electron chi connectivity index (χ3n) is 3.58. The highest BCUT2D eigenvalue weighted by Gasteiger charge is 2.25. The fourth-order valence-electron chi connectivity index (χ4n) is 2.19. The van der Waals surface area contributed by atoms with Crippen LogP contribution < -0.4 is 5.32 Å². The molecule has 0 aliphatic carbocycles. The van der Waals surface area contributed by atoms with E-state index in [2.05, 4.69) is 5.32 Å². The van der Waals surface area contributed by atoms with E-state index >= 15 is 0 Å². The minimum Gasteiger partial charge on any atom is -0.456 e. The molecule has 2 aromatic rings. The molecule has 0 radical (unpaired) electrons. The van der Waals surface area contributed by atoms with E-state index in [4.69, 9.17) is 4.42 Å². The smallest absolute Gasteiger partial charge is 0.287 e. The van der Waals surface area contributed by atoms with Crippen molar-refractivity contribution in [1.82, 2.24) is 5.32 Å². The number of benzene rings is 1. The Labute approximate surface area is 129 Å². The molecule has 5 heteroatoms. The summed E-state index contributed by atoms with van der Waals surface area (Å²) in [4.78, 5) is 12.2. The van der Waals surface area contributed by atoms with Crippen LogP contribution in [0, 0.1) is 12.7 Å². The van der Waals surface area contributed by atoms with Gasteiger partial charge in [-0.3, -0.25) is 4.79 Å². The molecule has 1 unspecified atom stereocenters. The molecule has 1 heterocycles. The standard InChI is InChI=1S/C17H20FNO3/c1-4-14-9-11(2)15(22-14)16(20)19-10-17(3,21)12-5-7-13(18)8-6-12/h5-9,21H,4,10H2,1-3H3,(H,19,20). The number of nitrogens with one attached hydrogen (secondary N) is 1. The van der Waals surface area contributed by atoms with Crippen LogP contribution in [-0.4, -0.2) is 17.6 Å². The summed E-state index contributed by atoms with van der Waals surface area (Å²) in [5.74, 6) is 0.251. The van der Waals surface area contributed by atoms with Crippen LogP contribution in [0.4, 0.5) is 4.39 Å². The van der Waals surface area contributed by atoms with Gasteiger partial charge in [0.05, 0.1) is 6.54 Å². The summed E-state index contributed by atoms with van der Waals surface area (Å²) >= 11 is 0. The van der Waals surface area contributed by atoms with Crippen molar-refractivity contribution in [3.63, 3.8) is 0 Å². The second-order valence-corrected chi connectivity index (χ2v) is 5.54. The first-order valence-corrected chi connectivity index (χ1v) is 7.19. The van der Waals surface area contributed by atoms with Crippen molar-refractivity contribution >= 4 is 5.91 Å². The Morgan fingerprint density at radius 2 is 2.00 bits per heavy atom. The summed E-state index contributed by atoms with van der Waals surface area (Å²) in [6.45, 7) is 5.31. The number of amides is 1. The number of halogens is 1.